The highest BCUT2D eigenvalue weighted by Gasteiger charge is 2.58. The van der Waals surface area contributed by atoms with Crippen molar-refractivity contribution >= 4 is 12.2 Å². The third-order valence-corrected chi connectivity index (χ3v) is 4.36. The van der Waals surface area contributed by atoms with Gasteiger partial charge in [-0.1, -0.05) is 30.4 Å². The first kappa shape index (κ1) is 17.8. The largest absolute Gasteiger partial charge is 0.442 e. The van der Waals surface area contributed by atoms with E-state index in [0.29, 0.717) is 19.5 Å². The second-order valence-corrected chi connectivity index (χ2v) is 5.99. The van der Waals surface area contributed by atoms with Crippen LogP contribution in [0.15, 0.2) is 50.1 Å². The SMILES string of the molecule is C=CCNC(=O)OC1C2C=CC(CC=C)(C2)C1OC(=O)NCC=C. The number of alkyl carbamates (subject to hydrolysis) is 2. The van der Waals surface area contributed by atoms with Crippen LogP contribution in [0.2, 0.25) is 0 Å². The zero-order chi connectivity index (χ0) is 17.6. The third-order valence-electron chi connectivity index (χ3n) is 4.36. The molecule has 6 nitrogen and oxygen atoms in total. The molecule has 4 atom stereocenters. The van der Waals surface area contributed by atoms with Gasteiger partial charge in [0.2, 0.25) is 0 Å². The van der Waals surface area contributed by atoms with Crippen molar-refractivity contribution in [1.29, 1.82) is 0 Å². The second-order valence-electron chi connectivity index (χ2n) is 5.99. The predicted molar refractivity (Wildman–Crippen MR) is 91.4 cm³/mol. The Morgan fingerprint density at radius 1 is 1.08 bits per heavy atom. The van der Waals surface area contributed by atoms with Crippen LogP contribution < -0.4 is 10.6 Å². The van der Waals surface area contributed by atoms with E-state index >= 15 is 0 Å². The first-order valence-electron chi connectivity index (χ1n) is 7.97. The molecule has 0 aromatic carbocycles. The van der Waals surface area contributed by atoms with Crippen molar-refractivity contribution < 1.29 is 19.1 Å². The van der Waals surface area contributed by atoms with Crippen molar-refractivity contribution in [2.24, 2.45) is 11.3 Å². The normalized spacial score (nSPS) is 29.6. The summed E-state index contributed by atoms with van der Waals surface area (Å²) in [5.74, 6) is 0.0247. The molecule has 4 unspecified atom stereocenters. The number of hydrogen-bond donors (Lipinski definition) is 2. The fourth-order valence-electron chi connectivity index (χ4n) is 3.38. The molecular formula is C18H24N2O4. The molecule has 2 N–H and O–H groups in total. The van der Waals surface area contributed by atoms with Gasteiger partial charge in [-0.3, -0.25) is 0 Å². The van der Waals surface area contributed by atoms with E-state index in [1.54, 1.807) is 18.2 Å². The number of allylic oxidation sites excluding steroid dienone is 1. The maximum absolute atomic E-state index is 12.0. The molecule has 0 aromatic rings. The van der Waals surface area contributed by atoms with Gasteiger partial charge >= 0.3 is 12.2 Å². The monoisotopic (exact) mass is 332 g/mol. The van der Waals surface area contributed by atoms with Gasteiger partial charge in [-0.05, 0) is 12.8 Å². The Morgan fingerprint density at radius 3 is 2.29 bits per heavy atom. The average molecular weight is 332 g/mol. The zero-order valence-corrected chi connectivity index (χ0v) is 13.7. The van der Waals surface area contributed by atoms with Crippen LogP contribution in [0.1, 0.15) is 12.8 Å². The summed E-state index contributed by atoms with van der Waals surface area (Å²) < 4.78 is 11.1. The summed E-state index contributed by atoms with van der Waals surface area (Å²) in [6.45, 7) is 11.5. The Morgan fingerprint density at radius 2 is 1.71 bits per heavy atom. The topological polar surface area (TPSA) is 76.7 Å². The van der Waals surface area contributed by atoms with E-state index in [9.17, 15) is 9.59 Å². The Labute approximate surface area is 142 Å². The van der Waals surface area contributed by atoms with Crippen LogP contribution in [-0.2, 0) is 9.47 Å². The number of hydrogen-bond acceptors (Lipinski definition) is 4. The molecule has 2 amide bonds. The first-order valence-corrected chi connectivity index (χ1v) is 7.97. The number of ether oxygens (including phenoxy) is 2. The van der Waals surface area contributed by atoms with Gasteiger partial charge in [-0.25, -0.2) is 9.59 Å². The lowest BCUT2D eigenvalue weighted by Crippen LogP contribution is -2.46. The summed E-state index contributed by atoms with van der Waals surface area (Å²) in [5, 5.41) is 5.17. The van der Waals surface area contributed by atoms with E-state index in [1.807, 2.05) is 12.2 Å². The van der Waals surface area contributed by atoms with E-state index in [1.165, 1.54) is 0 Å². The van der Waals surface area contributed by atoms with Crippen LogP contribution >= 0.6 is 0 Å². The molecule has 2 rings (SSSR count). The second kappa shape index (κ2) is 7.86. The van der Waals surface area contributed by atoms with Crippen LogP contribution in [0.3, 0.4) is 0 Å². The molecule has 130 valence electrons. The maximum atomic E-state index is 12.0. The van der Waals surface area contributed by atoms with E-state index in [4.69, 9.17) is 9.47 Å². The van der Waals surface area contributed by atoms with Crippen LogP contribution in [0.25, 0.3) is 0 Å². The van der Waals surface area contributed by atoms with Gasteiger partial charge in [-0.15, -0.1) is 19.7 Å². The first-order chi connectivity index (χ1) is 11.6. The molecule has 0 radical (unpaired) electrons. The van der Waals surface area contributed by atoms with Crippen LogP contribution in [-0.4, -0.2) is 37.5 Å². The van der Waals surface area contributed by atoms with Crippen molar-refractivity contribution in [3.05, 3.63) is 50.1 Å². The number of carbonyl (C=O) groups excluding carboxylic acids is 2. The lowest BCUT2D eigenvalue weighted by Gasteiger charge is -2.34. The molecule has 0 saturated heterocycles. The molecule has 2 aliphatic carbocycles. The third kappa shape index (κ3) is 3.69. The Balaban J connectivity index is 2.12. The number of nitrogens with one attached hydrogen (secondary N) is 2. The highest BCUT2D eigenvalue weighted by atomic mass is 16.6. The molecule has 1 saturated carbocycles. The molecule has 0 spiro atoms. The van der Waals surface area contributed by atoms with Gasteiger partial charge in [0.15, 0.2) is 6.10 Å². The average Bonchev–Trinajstić information content (AvgIpc) is 3.09. The smallest absolute Gasteiger partial charge is 0.407 e. The van der Waals surface area contributed by atoms with E-state index in [0.717, 1.165) is 6.42 Å². The fraction of sp³-hybridized carbons (Fsp3) is 0.444. The van der Waals surface area contributed by atoms with Crippen molar-refractivity contribution in [1.82, 2.24) is 10.6 Å². The fourth-order valence-corrected chi connectivity index (χ4v) is 3.38. The van der Waals surface area contributed by atoms with Gasteiger partial charge in [0.05, 0.1) is 0 Å². The number of carbonyl (C=O) groups is 2. The standard InChI is InChI=1S/C18H24N2O4/c1-4-8-18-9-7-13(12-18)14(23-16(21)19-10-5-2)15(18)24-17(22)20-11-6-3/h4-7,9,13-15H,1-3,8,10-12H2,(H,19,21)(H,20,22). The van der Waals surface area contributed by atoms with Gasteiger partial charge in [-0.2, -0.15) is 0 Å². The highest BCUT2D eigenvalue weighted by molar-refractivity contribution is 5.69. The molecule has 6 heteroatoms. The summed E-state index contributed by atoms with van der Waals surface area (Å²) in [6.07, 6.45) is 8.24. The van der Waals surface area contributed by atoms with Crippen LogP contribution in [0, 0.1) is 11.3 Å². The van der Waals surface area contributed by atoms with E-state index < -0.39 is 24.4 Å². The number of rotatable bonds is 8. The predicted octanol–water partition coefficient (Wildman–Crippen LogP) is 2.70. The summed E-state index contributed by atoms with van der Waals surface area (Å²) in [4.78, 5) is 23.9. The molecular weight excluding hydrogens is 308 g/mol. The summed E-state index contributed by atoms with van der Waals surface area (Å²) in [6, 6.07) is 0. The molecule has 0 aromatic heterocycles. The van der Waals surface area contributed by atoms with Crippen molar-refractivity contribution in [2.75, 3.05) is 13.1 Å². The van der Waals surface area contributed by atoms with Crippen LogP contribution in [0.4, 0.5) is 9.59 Å². The number of fused-ring (bicyclic) bond motifs is 2. The Bertz CT molecular complexity index is 557. The van der Waals surface area contributed by atoms with Gasteiger partial charge in [0.25, 0.3) is 0 Å². The van der Waals surface area contributed by atoms with Gasteiger partial charge in [0, 0.05) is 24.4 Å². The quantitative estimate of drug-likeness (QED) is 0.670. The molecule has 0 aliphatic heterocycles. The van der Waals surface area contributed by atoms with Crippen molar-refractivity contribution in [3.63, 3.8) is 0 Å². The zero-order valence-electron chi connectivity index (χ0n) is 13.7. The Kier molecular flexibility index (Phi) is 5.84. The number of amides is 2. The minimum Gasteiger partial charge on any atom is -0.442 e. The van der Waals surface area contributed by atoms with Gasteiger partial charge < -0.3 is 20.1 Å². The molecule has 2 bridgehead atoms. The summed E-state index contributed by atoms with van der Waals surface area (Å²) in [5.41, 5.74) is -0.374. The van der Waals surface area contributed by atoms with Crippen LogP contribution in [0.5, 0.6) is 0 Å². The lowest BCUT2D eigenvalue weighted by molar-refractivity contribution is -0.0347. The van der Waals surface area contributed by atoms with E-state index in [-0.39, 0.29) is 11.3 Å². The van der Waals surface area contributed by atoms with Crippen molar-refractivity contribution in [2.45, 2.75) is 25.0 Å². The van der Waals surface area contributed by atoms with Gasteiger partial charge in [0.1, 0.15) is 6.10 Å². The molecule has 24 heavy (non-hydrogen) atoms. The summed E-state index contributed by atoms with van der Waals surface area (Å²) >= 11 is 0. The molecule has 0 heterocycles. The van der Waals surface area contributed by atoms with Crippen molar-refractivity contribution in [3.8, 4) is 0 Å². The Hall–Kier alpha value is -2.50. The van der Waals surface area contributed by atoms with E-state index in [2.05, 4.69) is 30.4 Å². The molecule has 2 aliphatic rings. The lowest BCUT2D eigenvalue weighted by atomic mass is 9.81. The summed E-state index contributed by atoms with van der Waals surface area (Å²) in [7, 11) is 0. The maximum Gasteiger partial charge on any atom is 0.407 e. The molecule has 1 fully saturated rings. The minimum absolute atomic E-state index is 0.0247. The minimum atomic E-state index is -0.551. The highest BCUT2D eigenvalue weighted by Crippen LogP contribution is 2.54.